The van der Waals surface area contributed by atoms with Crippen LogP contribution in [-0.4, -0.2) is 11.3 Å². The van der Waals surface area contributed by atoms with E-state index in [0.29, 0.717) is 12.2 Å². The molecule has 0 spiro atoms. The van der Waals surface area contributed by atoms with Crippen LogP contribution >= 0.6 is 15.9 Å². The van der Waals surface area contributed by atoms with Crippen LogP contribution in [0.3, 0.4) is 0 Å². The van der Waals surface area contributed by atoms with Crippen LogP contribution in [0.5, 0.6) is 5.75 Å². The first kappa shape index (κ1) is 14.6. The minimum atomic E-state index is -4.67. The summed E-state index contributed by atoms with van der Waals surface area (Å²) in [6.07, 6.45) is -1.29. The van der Waals surface area contributed by atoms with Gasteiger partial charge in [-0.3, -0.25) is 4.98 Å². The molecule has 0 saturated carbocycles. The minimum absolute atomic E-state index is 0.243. The zero-order valence-electron chi connectivity index (χ0n) is 10.1. The predicted molar refractivity (Wildman–Crippen MR) is 72.4 cm³/mol. The number of ether oxygens (including phenoxy) is 1. The molecule has 0 fully saturated rings. The van der Waals surface area contributed by atoms with Crippen molar-refractivity contribution in [3.05, 3.63) is 52.8 Å². The van der Waals surface area contributed by atoms with E-state index in [-0.39, 0.29) is 5.75 Å². The monoisotopic (exact) mass is 346 g/mol. The van der Waals surface area contributed by atoms with E-state index in [1.807, 2.05) is 6.07 Å². The molecule has 0 radical (unpaired) electrons. The lowest BCUT2D eigenvalue weighted by Gasteiger charge is -2.10. The van der Waals surface area contributed by atoms with E-state index in [4.69, 9.17) is 0 Å². The highest BCUT2D eigenvalue weighted by Gasteiger charge is 2.30. The van der Waals surface area contributed by atoms with E-state index in [2.05, 4.69) is 31.0 Å². The van der Waals surface area contributed by atoms with Crippen LogP contribution in [-0.2, 0) is 6.54 Å². The van der Waals surface area contributed by atoms with Gasteiger partial charge in [0, 0.05) is 29.1 Å². The lowest BCUT2D eigenvalue weighted by atomic mass is 10.2. The van der Waals surface area contributed by atoms with Crippen molar-refractivity contribution in [2.75, 3.05) is 5.32 Å². The Kier molecular flexibility index (Phi) is 4.49. The van der Waals surface area contributed by atoms with Gasteiger partial charge in [0.2, 0.25) is 0 Å². The van der Waals surface area contributed by atoms with Gasteiger partial charge in [-0.2, -0.15) is 0 Å². The molecule has 2 rings (SSSR count). The van der Waals surface area contributed by atoms with Crippen LogP contribution in [0, 0.1) is 0 Å². The molecule has 106 valence electrons. The quantitative estimate of drug-likeness (QED) is 0.893. The molecule has 0 saturated heterocycles. The molecule has 7 heteroatoms. The fourth-order valence-corrected chi connectivity index (χ4v) is 1.94. The summed E-state index contributed by atoms with van der Waals surface area (Å²) < 4.78 is 40.7. The molecule has 0 bridgehead atoms. The van der Waals surface area contributed by atoms with Crippen molar-refractivity contribution >= 4 is 21.6 Å². The van der Waals surface area contributed by atoms with E-state index in [1.165, 1.54) is 24.3 Å². The van der Waals surface area contributed by atoms with Gasteiger partial charge in [0.1, 0.15) is 5.75 Å². The number of hydrogen-bond acceptors (Lipinski definition) is 3. The summed E-state index contributed by atoms with van der Waals surface area (Å²) in [5.41, 5.74) is 1.65. The van der Waals surface area contributed by atoms with Gasteiger partial charge in [-0.05, 0) is 51.8 Å². The molecule has 0 atom stereocenters. The number of halogens is 4. The van der Waals surface area contributed by atoms with Crippen molar-refractivity contribution in [2.45, 2.75) is 12.9 Å². The molecule has 0 amide bonds. The van der Waals surface area contributed by atoms with Gasteiger partial charge in [-0.25, -0.2) is 0 Å². The summed E-state index contributed by atoms with van der Waals surface area (Å²) in [6, 6.07) is 7.46. The van der Waals surface area contributed by atoms with E-state index >= 15 is 0 Å². The maximum Gasteiger partial charge on any atom is 0.573 e. The number of hydrogen-bond donors (Lipinski definition) is 1. The van der Waals surface area contributed by atoms with E-state index in [1.54, 1.807) is 12.4 Å². The smallest absolute Gasteiger partial charge is 0.406 e. The topological polar surface area (TPSA) is 34.1 Å². The van der Waals surface area contributed by atoms with Crippen molar-refractivity contribution in [3.8, 4) is 5.75 Å². The Labute approximate surface area is 121 Å². The van der Waals surface area contributed by atoms with Crippen LogP contribution < -0.4 is 10.1 Å². The molecular weight excluding hydrogens is 337 g/mol. The first-order valence-corrected chi connectivity index (χ1v) is 6.41. The number of aromatic nitrogens is 1. The van der Waals surface area contributed by atoms with Gasteiger partial charge in [0.15, 0.2) is 0 Å². The van der Waals surface area contributed by atoms with Gasteiger partial charge in [-0.1, -0.05) is 0 Å². The normalized spacial score (nSPS) is 11.2. The van der Waals surface area contributed by atoms with Gasteiger partial charge < -0.3 is 10.1 Å². The van der Waals surface area contributed by atoms with Crippen LogP contribution in [0.25, 0.3) is 0 Å². The van der Waals surface area contributed by atoms with E-state index in [9.17, 15) is 13.2 Å². The molecule has 2 aromatic rings. The average molecular weight is 347 g/mol. The van der Waals surface area contributed by atoms with Crippen molar-refractivity contribution in [2.24, 2.45) is 0 Å². The fourth-order valence-electron chi connectivity index (χ4n) is 1.53. The van der Waals surface area contributed by atoms with Crippen LogP contribution in [0.4, 0.5) is 18.9 Å². The summed E-state index contributed by atoms with van der Waals surface area (Å²) >= 11 is 3.31. The van der Waals surface area contributed by atoms with Gasteiger partial charge in [-0.15, -0.1) is 13.2 Å². The molecular formula is C13H10BrF3N2O. The number of alkyl halides is 3. The number of pyridine rings is 1. The Hall–Kier alpha value is -1.76. The lowest BCUT2D eigenvalue weighted by Crippen LogP contribution is -2.17. The maximum absolute atomic E-state index is 12.0. The number of anilines is 1. The molecule has 1 aromatic carbocycles. The molecule has 1 aromatic heterocycles. The zero-order chi connectivity index (χ0) is 14.6. The second kappa shape index (κ2) is 6.13. The summed E-state index contributed by atoms with van der Waals surface area (Å²) in [4.78, 5) is 4.02. The first-order chi connectivity index (χ1) is 9.42. The molecule has 1 N–H and O–H groups in total. The highest BCUT2D eigenvalue weighted by atomic mass is 79.9. The first-order valence-electron chi connectivity index (χ1n) is 5.61. The van der Waals surface area contributed by atoms with Crippen molar-refractivity contribution < 1.29 is 17.9 Å². The number of benzene rings is 1. The van der Waals surface area contributed by atoms with Crippen molar-refractivity contribution in [1.29, 1.82) is 0 Å². The summed E-state index contributed by atoms with van der Waals surface area (Å²) in [5.74, 6) is -0.243. The number of nitrogens with one attached hydrogen (secondary N) is 1. The molecule has 0 aliphatic carbocycles. The van der Waals surface area contributed by atoms with Gasteiger partial charge in [0.05, 0.1) is 0 Å². The van der Waals surface area contributed by atoms with Crippen LogP contribution in [0.15, 0.2) is 47.2 Å². The fraction of sp³-hybridized carbons (Fsp3) is 0.154. The molecule has 3 nitrogen and oxygen atoms in total. The molecule has 0 aliphatic heterocycles. The summed E-state index contributed by atoms with van der Waals surface area (Å²) in [6.45, 7) is 0.520. The molecule has 0 unspecified atom stereocenters. The van der Waals surface area contributed by atoms with Gasteiger partial charge >= 0.3 is 6.36 Å². The van der Waals surface area contributed by atoms with Crippen LogP contribution in [0.2, 0.25) is 0 Å². The molecule has 20 heavy (non-hydrogen) atoms. The third-order valence-electron chi connectivity index (χ3n) is 2.35. The highest BCUT2D eigenvalue weighted by molar-refractivity contribution is 9.10. The molecule has 0 aliphatic rings. The Morgan fingerprint density at radius 2 is 1.85 bits per heavy atom. The highest BCUT2D eigenvalue weighted by Crippen LogP contribution is 2.24. The van der Waals surface area contributed by atoms with Gasteiger partial charge in [0.25, 0.3) is 0 Å². The Balaban J connectivity index is 1.94. The molecule has 1 heterocycles. The third-order valence-corrected chi connectivity index (χ3v) is 2.78. The maximum atomic E-state index is 12.0. The minimum Gasteiger partial charge on any atom is -0.406 e. The average Bonchev–Trinajstić information content (AvgIpc) is 2.36. The second-order valence-electron chi connectivity index (χ2n) is 3.94. The Bertz CT molecular complexity index is 573. The Morgan fingerprint density at radius 1 is 1.15 bits per heavy atom. The largest absolute Gasteiger partial charge is 0.573 e. The zero-order valence-corrected chi connectivity index (χ0v) is 11.7. The summed E-state index contributed by atoms with van der Waals surface area (Å²) in [5, 5.41) is 3.08. The predicted octanol–water partition coefficient (Wildman–Crippen LogP) is 4.35. The number of nitrogens with zero attached hydrogens (tertiary/aromatic N) is 1. The van der Waals surface area contributed by atoms with E-state index in [0.717, 1.165) is 10.0 Å². The Morgan fingerprint density at radius 3 is 2.45 bits per heavy atom. The van der Waals surface area contributed by atoms with Crippen molar-refractivity contribution in [3.63, 3.8) is 0 Å². The van der Waals surface area contributed by atoms with Crippen molar-refractivity contribution in [1.82, 2.24) is 4.98 Å². The SMILES string of the molecule is FC(F)(F)Oc1ccc(NCc2cncc(Br)c2)cc1. The third kappa shape index (κ3) is 4.73. The number of rotatable bonds is 4. The standard InChI is InChI=1S/C13H10BrF3N2O/c14-10-5-9(6-18-8-10)7-19-11-1-3-12(4-2-11)20-13(15,16)17/h1-6,8,19H,7H2. The van der Waals surface area contributed by atoms with Crippen LogP contribution in [0.1, 0.15) is 5.56 Å². The summed E-state index contributed by atoms with van der Waals surface area (Å²) in [7, 11) is 0. The van der Waals surface area contributed by atoms with E-state index < -0.39 is 6.36 Å². The second-order valence-corrected chi connectivity index (χ2v) is 4.85. The lowest BCUT2D eigenvalue weighted by molar-refractivity contribution is -0.274.